The lowest BCUT2D eigenvalue weighted by Gasteiger charge is -2.29. The van der Waals surface area contributed by atoms with E-state index in [1.54, 1.807) is 13.3 Å². The van der Waals surface area contributed by atoms with Crippen LogP contribution in [0.25, 0.3) is 5.69 Å². The topological polar surface area (TPSA) is 45.5 Å². The van der Waals surface area contributed by atoms with Crippen molar-refractivity contribution in [3.05, 3.63) is 77.4 Å². The molecule has 0 amide bonds. The first kappa shape index (κ1) is 20.5. The van der Waals surface area contributed by atoms with Crippen LogP contribution in [0.4, 0.5) is 8.78 Å². The normalized spacial score (nSPS) is 19.1. The van der Waals surface area contributed by atoms with E-state index in [0.29, 0.717) is 13.0 Å². The first-order chi connectivity index (χ1) is 14.5. The van der Waals surface area contributed by atoms with Crippen LogP contribution in [0, 0.1) is 18.6 Å². The smallest absolute Gasteiger partial charge is 0.164 e. The maximum absolute atomic E-state index is 14.4. The minimum Gasteiger partial charge on any atom is -0.489 e. The highest BCUT2D eigenvalue weighted by Crippen LogP contribution is 2.34. The highest BCUT2D eigenvalue weighted by molar-refractivity contribution is 5.36. The predicted octanol–water partition coefficient (Wildman–Crippen LogP) is 4.90. The van der Waals surface area contributed by atoms with Crippen molar-refractivity contribution >= 4 is 0 Å². The Labute approximate surface area is 174 Å². The average Bonchev–Trinajstić information content (AvgIpc) is 3.20. The summed E-state index contributed by atoms with van der Waals surface area (Å²) in [5.41, 5.74) is 2.07. The molecule has 0 bridgehead atoms. The third-order valence-electron chi connectivity index (χ3n) is 5.39. The maximum Gasteiger partial charge on any atom is 0.164 e. The molecule has 0 radical (unpaired) electrons. The summed E-state index contributed by atoms with van der Waals surface area (Å²) in [6.07, 6.45) is 4.27. The molecule has 7 heteroatoms. The Hall–Kier alpha value is -2.77. The number of rotatable bonds is 6. The lowest BCUT2D eigenvalue weighted by atomic mass is 9.98. The molecular formula is C23H24F2N2O3. The first-order valence-corrected chi connectivity index (χ1v) is 9.90. The number of hydrogen-bond donors (Lipinski definition) is 0. The van der Waals surface area contributed by atoms with Crippen molar-refractivity contribution in [2.45, 2.75) is 38.6 Å². The molecule has 3 aromatic rings. The number of methoxy groups -OCH3 is 1. The fourth-order valence-electron chi connectivity index (χ4n) is 3.67. The van der Waals surface area contributed by atoms with Gasteiger partial charge in [0.15, 0.2) is 11.6 Å². The largest absolute Gasteiger partial charge is 0.489 e. The first-order valence-electron chi connectivity index (χ1n) is 9.90. The molecule has 0 spiro atoms. The Bertz CT molecular complexity index is 1000. The van der Waals surface area contributed by atoms with Crippen molar-refractivity contribution in [1.29, 1.82) is 0 Å². The quantitative estimate of drug-likeness (QED) is 0.575. The Kier molecular flexibility index (Phi) is 6.11. The third kappa shape index (κ3) is 4.37. The van der Waals surface area contributed by atoms with Crippen molar-refractivity contribution in [3.63, 3.8) is 0 Å². The van der Waals surface area contributed by atoms with Crippen molar-refractivity contribution in [2.24, 2.45) is 0 Å². The molecule has 30 heavy (non-hydrogen) atoms. The average molecular weight is 414 g/mol. The highest BCUT2D eigenvalue weighted by atomic mass is 19.2. The van der Waals surface area contributed by atoms with Crippen LogP contribution >= 0.6 is 0 Å². The van der Waals surface area contributed by atoms with E-state index in [1.807, 2.05) is 42.0 Å². The number of ether oxygens (including phenoxy) is 3. The fourth-order valence-corrected chi connectivity index (χ4v) is 3.67. The molecule has 1 aliphatic rings. The fraction of sp³-hybridized carbons (Fsp3) is 0.348. The molecule has 2 aromatic carbocycles. The minimum absolute atomic E-state index is 0.0339. The molecule has 4 rings (SSSR count). The van der Waals surface area contributed by atoms with Gasteiger partial charge < -0.3 is 18.8 Å². The SMILES string of the molecule is COC1CCOC(c2cc(OCc3ccc(-n4ccnc4C)cc3)cc(F)c2F)C1. The maximum atomic E-state index is 14.4. The third-order valence-corrected chi connectivity index (χ3v) is 5.39. The number of imidazole rings is 1. The van der Waals surface area contributed by atoms with Gasteiger partial charge in [-0.05, 0) is 37.1 Å². The molecule has 2 atom stereocenters. The number of benzene rings is 2. The lowest BCUT2D eigenvalue weighted by Crippen LogP contribution is -2.26. The van der Waals surface area contributed by atoms with E-state index in [-0.39, 0.29) is 24.0 Å². The van der Waals surface area contributed by atoms with Gasteiger partial charge in [-0.15, -0.1) is 0 Å². The standard InChI is InChI=1S/C23H24F2N2O3/c1-15-26-8-9-27(15)17-5-3-16(4-6-17)14-30-19-11-20(23(25)21(24)12-19)22-13-18(28-2)7-10-29-22/h3-6,8-9,11-12,18,22H,7,10,13-14H2,1-2H3. The van der Waals surface area contributed by atoms with Gasteiger partial charge in [0.05, 0.1) is 12.2 Å². The zero-order valence-electron chi connectivity index (χ0n) is 17.0. The van der Waals surface area contributed by atoms with Gasteiger partial charge in [0, 0.05) is 49.8 Å². The Morgan fingerprint density at radius 2 is 2.00 bits per heavy atom. The van der Waals surface area contributed by atoms with Crippen molar-refractivity contribution in [1.82, 2.24) is 9.55 Å². The molecule has 1 saturated heterocycles. The molecule has 1 fully saturated rings. The van der Waals surface area contributed by atoms with Crippen LogP contribution in [0.1, 0.15) is 35.9 Å². The second-order valence-electron chi connectivity index (χ2n) is 7.35. The number of nitrogens with zero attached hydrogens (tertiary/aromatic N) is 2. The van der Waals surface area contributed by atoms with Crippen molar-refractivity contribution in [2.75, 3.05) is 13.7 Å². The van der Waals surface area contributed by atoms with Gasteiger partial charge in [-0.2, -0.15) is 0 Å². The van der Waals surface area contributed by atoms with Crippen LogP contribution < -0.4 is 4.74 Å². The Morgan fingerprint density at radius 1 is 1.20 bits per heavy atom. The van der Waals surface area contributed by atoms with Gasteiger partial charge in [0.25, 0.3) is 0 Å². The summed E-state index contributed by atoms with van der Waals surface area (Å²) in [7, 11) is 1.61. The summed E-state index contributed by atoms with van der Waals surface area (Å²) < 4.78 is 47.4. The second-order valence-corrected chi connectivity index (χ2v) is 7.35. The molecule has 5 nitrogen and oxygen atoms in total. The Balaban J connectivity index is 1.47. The van der Waals surface area contributed by atoms with E-state index in [9.17, 15) is 8.78 Å². The van der Waals surface area contributed by atoms with Gasteiger partial charge in [-0.1, -0.05) is 12.1 Å². The van der Waals surface area contributed by atoms with Gasteiger partial charge >= 0.3 is 0 Å². The summed E-state index contributed by atoms with van der Waals surface area (Å²) in [6.45, 7) is 2.61. The van der Waals surface area contributed by atoms with Gasteiger partial charge in [0.2, 0.25) is 0 Å². The van der Waals surface area contributed by atoms with Crippen LogP contribution in [0.2, 0.25) is 0 Å². The summed E-state index contributed by atoms with van der Waals surface area (Å²) in [5.74, 6) is -0.684. The number of halogens is 2. The molecule has 0 aliphatic carbocycles. The summed E-state index contributed by atoms with van der Waals surface area (Å²) >= 11 is 0. The van der Waals surface area contributed by atoms with Crippen LogP contribution in [0.5, 0.6) is 5.75 Å². The van der Waals surface area contributed by atoms with Crippen LogP contribution in [0.3, 0.4) is 0 Å². The minimum atomic E-state index is -0.948. The molecule has 1 aromatic heterocycles. The predicted molar refractivity (Wildman–Crippen MR) is 108 cm³/mol. The van der Waals surface area contributed by atoms with Crippen LogP contribution in [0.15, 0.2) is 48.8 Å². The van der Waals surface area contributed by atoms with E-state index >= 15 is 0 Å². The van der Waals surface area contributed by atoms with Crippen LogP contribution in [-0.2, 0) is 16.1 Å². The molecule has 0 N–H and O–H groups in total. The van der Waals surface area contributed by atoms with Crippen molar-refractivity contribution in [3.8, 4) is 11.4 Å². The number of aryl methyl sites for hydroxylation is 1. The highest BCUT2D eigenvalue weighted by Gasteiger charge is 2.28. The molecular weight excluding hydrogens is 390 g/mol. The monoisotopic (exact) mass is 414 g/mol. The molecule has 2 unspecified atom stereocenters. The number of hydrogen-bond acceptors (Lipinski definition) is 4. The molecule has 158 valence electrons. The van der Waals surface area contributed by atoms with E-state index < -0.39 is 17.7 Å². The zero-order valence-corrected chi connectivity index (χ0v) is 17.0. The molecule has 2 heterocycles. The molecule has 0 saturated carbocycles. The summed E-state index contributed by atoms with van der Waals surface area (Å²) in [6, 6.07) is 10.4. The van der Waals surface area contributed by atoms with Gasteiger partial charge in [-0.25, -0.2) is 13.8 Å². The van der Waals surface area contributed by atoms with Crippen molar-refractivity contribution < 1.29 is 23.0 Å². The zero-order chi connectivity index (χ0) is 21.1. The van der Waals surface area contributed by atoms with E-state index in [2.05, 4.69) is 4.98 Å². The van der Waals surface area contributed by atoms with E-state index in [1.165, 1.54) is 6.07 Å². The summed E-state index contributed by atoms with van der Waals surface area (Å²) in [4.78, 5) is 4.22. The van der Waals surface area contributed by atoms with Crippen LogP contribution in [-0.4, -0.2) is 29.4 Å². The molecule has 1 aliphatic heterocycles. The van der Waals surface area contributed by atoms with Gasteiger partial charge in [-0.3, -0.25) is 0 Å². The number of aromatic nitrogens is 2. The summed E-state index contributed by atoms with van der Waals surface area (Å²) in [5, 5.41) is 0. The second kappa shape index (κ2) is 8.93. The van der Waals surface area contributed by atoms with E-state index in [0.717, 1.165) is 29.6 Å². The van der Waals surface area contributed by atoms with Gasteiger partial charge in [0.1, 0.15) is 18.2 Å². The Morgan fingerprint density at radius 3 is 2.70 bits per heavy atom. The lowest BCUT2D eigenvalue weighted by molar-refractivity contribution is -0.0613. The van der Waals surface area contributed by atoms with E-state index in [4.69, 9.17) is 14.2 Å².